The molecule has 0 aromatic carbocycles. The molecule has 0 atom stereocenters. The summed E-state index contributed by atoms with van der Waals surface area (Å²) in [4.78, 5) is 13.1. The number of carbonyl (C=O) groups is 1. The van der Waals surface area contributed by atoms with Gasteiger partial charge < -0.3 is 10.0 Å². The van der Waals surface area contributed by atoms with E-state index in [0.717, 1.165) is 0 Å². The van der Waals surface area contributed by atoms with Crippen molar-refractivity contribution in [1.29, 1.82) is 0 Å². The fourth-order valence-electron chi connectivity index (χ4n) is 1.35. The lowest BCUT2D eigenvalue weighted by molar-refractivity contribution is -0.134. The van der Waals surface area contributed by atoms with Gasteiger partial charge in [0.2, 0.25) is 5.91 Å². The Kier molecular flexibility index (Phi) is 4.13. The van der Waals surface area contributed by atoms with Crippen LogP contribution in [0.3, 0.4) is 0 Å². The third-order valence-corrected chi connectivity index (χ3v) is 2.14. The van der Waals surface area contributed by atoms with Crippen LogP contribution in [0, 0.1) is 0 Å². The molecule has 1 N–H and O–H groups in total. The highest BCUT2D eigenvalue weighted by Crippen LogP contribution is 2.17. The summed E-state index contributed by atoms with van der Waals surface area (Å²) < 4.78 is 0. The number of aliphatic hydroxyl groups is 1. The van der Waals surface area contributed by atoms with Gasteiger partial charge in [0.1, 0.15) is 0 Å². The summed E-state index contributed by atoms with van der Waals surface area (Å²) in [6.45, 7) is 11.7. The SMILES string of the molecule is CC(=O)N(CCC(C)(C)O)C(C)(C)C. The molecule has 3 nitrogen and oxygen atoms in total. The average molecular weight is 201 g/mol. The molecule has 0 fully saturated rings. The van der Waals surface area contributed by atoms with Gasteiger partial charge in [0.15, 0.2) is 0 Å². The molecule has 3 heteroatoms. The summed E-state index contributed by atoms with van der Waals surface area (Å²) in [5, 5.41) is 9.58. The highest BCUT2D eigenvalue weighted by atomic mass is 16.3. The summed E-state index contributed by atoms with van der Waals surface area (Å²) >= 11 is 0. The summed E-state index contributed by atoms with van der Waals surface area (Å²) in [7, 11) is 0. The Morgan fingerprint density at radius 3 is 1.86 bits per heavy atom. The lowest BCUT2D eigenvalue weighted by Gasteiger charge is -2.36. The molecule has 0 unspecified atom stereocenters. The molecule has 14 heavy (non-hydrogen) atoms. The van der Waals surface area contributed by atoms with E-state index in [4.69, 9.17) is 0 Å². The zero-order valence-corrected chi connectivity index (χ0v) is 10.2. The number of amides is 1. The van der Waals surface area contributed by atoms with Crippen molar-refractivity contribution in [3.63, 3.8) is 0 Å². The van der Waals surface area contributed by atoms with Crippen LogP contribution in [0.2, 0.25) is 0 Å². The number of hydrogen-bond donors (Lipinski definition) is 1. The molecular formula is C11H23NO2. The van der Waals surface area contributed by atoms with Gasteiger partial charge in [0.05, 0.1) is 5.60 Å². The van der Waals surface area contributed by atoms with Gasteiger partial charge in [-0.3, -0.25) is 4.79 Å². The Morgan fingerprint density at radius 2 is 1.64 bits per heavy atom. The van der Waals surface area contributed by atoms with Gasteiger partial charge in [-0.15, -0.1) is 0 Å². The van der Waals surface area contributed by atoms with E-state index < -0.39 is 5.60 Å². The van der Waals surface area contributed by atoms with Crippen molar-refractivity contribution in [3.05, 3.63) is 0 Å². The van der Waals surface area contributed by atoms with Crippen molar-refractivity contribution < 1.29 is 9.90 Å². The molecule has 0 saturated heterocycles. The maximum absolute atomic E-state index is 11.4. The predicted octanol–water partition coefficient (Wildman–Crippen LogP) is 1.79. The Balaban J connectivity index is 4.35. The molecule has 0 aliphatic rings. The highest BCUT2D eigenvalue weighted by Gasteiger charge is 2.25. The molecule has 0 aliphatic carbocycles. The zero-order chi connectivity index (χ0) is 11.6. The Morgan fingerprint density at radius 1 is 1.21 bits per heavy atom. The monoisotopic (exact) mass is 201 g/mol. The minimum absolute atomic E-state index is 0.0572. The minimum atomic E-state index is -0.709. The van der Waals surface area contributed by atoms with Gasteiger partial charge in [-0.05, 0) is 41.0 Å². The Labute approximate surface area is 87.1 Å². The number of hydrogen-bond acceptors (Lipinski definition) is 2. The molecule has 0 aromatic rings. The molecule has 0 bridgehead atoms. The molecule has 0 spiro atoms. The van der Waals surface area contributed by atoms with Crippen LogP contribution in [0.4, 0.5) is 0 Å². The second-order valence-electron chi connectivity index (χ2n) is 5.40. The number of carbonyl (C=O) groups excluding carboxylic acids is 1. The van der Waals surface area contributed by atoms with Gasteiger partial charge in [-0.2, -0.15) is 0 Å². The highest BCUT2D eigenvalue weighted by molar-refractivity contribution is 5.74. The third-order valence-electron chi connectivity index (χ3n) is 2.14. The van der Waals surface area contributed by atoms with Crippen molar-refractivity contribution in [3.8, 4) is 0 Å². The minimum Gasteiger partial charge on any atom is -0.390 e. The van der Waals surface area contributed by atoms with E-state index >= 15 is 0 Å². The van der Waals surface area contributed by atoms with Gasteiger partial charge in [0, 0.05) is 19.0 Å². The second-order valence-corrected chi connectivity index (χ2v) is 5.40. The topological polar surface area (TPSA) is 40.5 Å². The molecule has 84 valence electrons. The second kappa shape index (κ2) is 4.30. The Bertz CT molecular complexity index is 198. The van der Waals surface area contributed by atoms with Crippen molar-refractivity contribution in [2.24, 2.45) is 0 Å². The Hall–Kier alpha value is -0.570. The third kappa shape index (κ3) is 5.22. The van der Waals surface area contributed by atoms with Crippen LogP contribution in [0.1, 0.15) is 48.0 Å². The predicted molar refractivity (Wildman–Crippen MR) is 58.1 cm³/mol. The fraction of sp³-hybridized carbons (Fsp3) is 0.909. The van der Waals surface area contributed by atoms with E-state index in [2.05, 4.69) is 0 Å². The lowest BCUT2D eigenvalue weighted by atomic mass is 10.0. The van der Waals surface area contributed by atoms with Crippen molar-refractivity contribution in [1.82, 2.24) is 4.90 Å². The standard InChI is InChI=1S/C11H23NO2/c1-9(13)12(10(2,3)4)8-7-11(5,6)14/h14H,7-8H2,1-6H3. The number of rotatable bonds is 3. The molecule has 0 rings (SSSR count). The van der Waals surface area contributed by atoms with Crippen molar-refractivity contribution >= 4 is 5.91 Å². The smallest absolute Gasteiger partial charge is 0.219 e. The lowest BCUT2D eigenvalue weighted by Crippen LogP contribution is -2.46. The van der Waals surface area contributed by atoms with Crippen LogP contribution in [-0.2, 0) is 4.79 Å². The van der Waals surface area contributed by atoms with E-state index in [1.165, 1.54) is 0 Å². The van der Waals surface area contributed by atoms with Crippen LogP contribution >= 0.6 is 0 Å². The summed E-state index contributed by atoms with van der Waals surface area (Å²) in [5.74, 6) is 0.0572. The van der Waals surface area contributed by atoms with Crippen LogP contribution < -0.4 is 0 Å². The van der Waals surface area contributed by atoms with Gasteiger partial charge in [0.25, 0.3) is 0 Å². The first-order chi connectivity index (χ1) is 6.04. The quantitative estimate of drug-likeness (QED) is 0.756. The van der Waals surface area contributed by atoms with E-state index in [1.54, 1.807) is 25.7 Å². The normalized spacial score (nSPS) is 12.8. The van der Waals surface area contributed by atoms with E-state index in [0.29, 0.717) is 13.0 Å². The molecule has 0 heterocycles. The first-order valence-electron chi connectivity index (χ1n) is 5.04. The summed E-state index contributed by atoms with van der Waals surface area (Å²) in [6, 6.07) is 0. The van der Waals surface area contributed by atoms with Gasteiger partial charge in [-0.25, -0.2) is 0 Å². The largest absolute Gasteiger partial charge is 0.390 e. The van der Waals surface area contributed by atoms with Crippen molar-refractivity contribution in [2.75, 3.05) is 6.54 Å². The van der Waals surface area contributed by atoms with Crippen LogP contribution in [0.15, 0.2) is 0 Å². The van der Waals surface area contributed by atoms with Crippen LogP contribution in [0.5, 0.6) is 0 Å². The number of nitrogens with zero attached hydrogens (tertiary/aromatic N) is 1. The summed E-state index contributed by atoms with van der Waals surface area (Å²) in [6.07, 6.45) is 0.601. The average Bonchev–Trinajstić information content (AvgIpc) is 1.79. The van der Waals surface area contributed by atoms with E-state index in [1.807, 2.05) is 20.8 Å². The van der Waals surface area contributed by atoms with Gasteiger partial charge in [-0.1, -0.05) is 0 Å². The van der Waals surface area contributed by atoms with Crippen molar-refractivity contribution in [2.45, 2.75) is 59.1 Å². The molecule has 1 amide bonds. The maximum atomic E-state index is 11.4. The molecule has 0 aromatic heterocycles. The molecular weight excluding hydrogens is 178 g/mol. The van der Waals surface area contributed by atoms with Crippen LogP contribution in [-0.4, -0.2) is 33.6 Å². The van der Waals surface area contributed by atoms with E-state index in [9.17, 15) is 9.90 Å². The first kappa shape index (κ1) is 13.4. The molecule has 0 radical (unpaired) electrons. The molecule has 0 aliphatic heterocycles. The maximum Gasteiger partial charge on any atom is 0.219 e. The fourth-order valence-corrected chi connectivity index (χ4v) is 1.35. The van der Waals surface area contributed by atoms with E-state index in [-0.39, 0.29) is 11.4 Å². The molecule has 0 saturated carbocycles. The zero-order valence-electron chi connectivity index (χ0n) is 10.2. The van der Waals surface area contributed by atoms with Gasteiger partial charge >= 0.3 is 0 Å². The summed E-state index contributed by atoms with van der Waals surface area (Å²) in [5.41, 5.74) is -0.879. The first-order valence-corrected chi connectivity index (χ1v) is 5.04. The van der Waals surface area contributed by atoms with Crippen LogP contribution in [0.25, 0.3) is 0 Å².